The van der Waals surface area contributed by atoms with Gasteiger partial charge in [-0.2, -0.15) is 0 Å². The second-order valence-corrected chi connectivity index (χ2v) is 17.4. The van der Waals surface area contributed by atoms with Crippen molar-refractivity contribution in [3.05, 3.63) is 108 Å². The Hall–Kier alpha value is -3.44. The normalized spacial score (nSPS) is 17.8. The molecular formula is C40H43IrN3OSi-2. The van der Waals surface area contributed by atoms with Crippen LogP contribution in [0.1, 0.15) is 68.7 Å². The largest absolute Gasteiger partial charge is 0.486 e. The van der Waals surface area contributed by atoms with Crippen molar-refractivity contribution < 1.29 is 38.2 Å². The Morgan fingerprint density at radius 2 is 1.72 bits per heavy atom. The Kier molecular flexibility index (Phi) is 7.26. The van der Waals surface area contributed by atoms with Gasteiger partial charge in [0.15, 0.2) is 0 Å². The number of pyridine rings is 3. The summed E-state index contributed by atoms with van der Waals surface area (Å²) in [4.78, 5) is 13.0. The minimum Gasteiger partial charge on any atom is -0.486 e. The van der Waals surface area contributed by atoms with Gasteiger partial charge >= 0.3 is 0 Å². The molecule has 0 aliphatic heterocycles. The van der Waals surface area contributed by atoms with E-state index in [1.165, 1.54) is 19.1 Å². The molecule has 6 aromatic rings. The molecule has 4 nitrogen and oxygen atoms in total. The molecule has 0 unspecified atom stereocenters. The number of rotatable bonds is 6. The minimum absolute atomic E-state index is 0. The van der Waals surface area contributed by atoms with E-state index in [0.717, 1.165) is 53.9 Å². The van der Waals surface area contributed by atoms with E-state index in [1.54, 1.807) is 18.2 Å². The molecular weight excluding hydrogens is 759 g/mol. The van der Waals surface area contributed by atoms with Gasteiger partial charge in [0, 0.05) is 57.3 Å². The van der Waals surface area contributed by atoms with Gasteiger partial charge in [-0.05, 0) is 66.6 Å². The van der Waals surface area contributed by atoms with Crippen molar-refractivity contribution in [1.29, 1.82) is 0 Å². The number of benzene rings is 2. The predicted octanol–water partition coefficient (Wildman–Crippen LogP) is 9.85. The number of nitrogens with zero attached hydrogens (tertiary/aromatic N) is 3. The predicted molar refractivity (Wildman–Crippen MR) is 190 cm³/mol. The molecule has 239 valence electrons. The van der Waals surface area contributed by atoms with Crippen molar-refractivity contribution in [2.75, 3.05) is 0 Å². The average Bonchev–Trinajstić information content (AvgIpc) is 3.79. The smallest absolute Gasteiger partial charge is 0.216 e. The van der Waals surface area contributed by atoms with Crippen molar-refractivity contribution in [3.63, 3.8) is 0 Å². The minimum atomic E-state index is -2.52. The van der Waals surface area contributed by atoms with Crippen LogP contribution >= 0.6 is 0 Å². The quantitative estimate of drug-likeness (QED) is 0.124. The van der Waals surface area contributed by atoms with Gasteiger partial charge in [0.1, 0.15) is 0 Å². The van der Waals surface area contributed by atoms with Gasteiger partial charge in [-0.1, -0.05) is 86.5 Å². The fourth-order valence-corrected chi connectivity index (χ4v) is 7.18. The van der Waals surface area contributed by atoms with E-state index in [2.05, 4.69) is 46.7 Å². The second-order valence-electron chi connectivity index (χ2n) is 12.4. The van der Waals surface area contributed by atoms with Crippen LogP contribution in [0.3, 0.4) is 0 Å². The molecule has 4 aromatic heterocycles. The van der Waals surface area contributed by atoms with Crippen LogP contribution in [0.2, 0.25) is 19.6 Å². The van der Waals surface area contributed by atoms with E-state index in [1.807, 2.05) is 36.5 Å². The number of aromatic nitrogens is 3. The van der Waals surface area contributed by atoms with Gasteiger partial charge < -0.3 is 14.4 Å². The van der Waals surface area contributed by atoms with Crippen molar-refractivity contribution in [2.45, 2.75) is 78.7 Å². The van der Waals surface area contributed by atoms with Gasteiger partial charge in [0.2, 0.25) is 5.71 Å². The zero-order chi connectivity index (χ0) is 40.1. The van der Waals surface area contributed by atoms with Crippen LogP contribution < -0.4 is 5.19 Å². The molecule has 46 heavy (non-hydrogen) atoms. The van der Waals surface area contributed by atoms with Crippen LogP contribution in [0.25, 0.3) is 44.6 Å². The summed E-state index contributed by atoms with van der Waals surface area (Å²) in [6.07, 6.45) is 4.18. The standard InChI is InChI=1S/C20H17N2O.C20H26NSi.Ir/c1-4-14-10-18(21-11-12(14)2)17-7-5-6-15-16-9-8-13(3)22-20(16)23-19(15)17;1-22(2,3)20-15-21-19(17-11-5-4-6-12-17)14-18(20)13-16-9-7-8-10-16;/h5-6,8-11H,4H2,1-3H3;4-6,11,14-16H,7-10,13H2,1-3H3;/q2*-1;/i2D3,3D3,4D2;13D2;. The first kappa shape index (κ1) is 23.0. The van der Waals surface area contributed by atoms with Gasteiger partial charge in [0.05, 0.1) is 13.7 Å². The summed E-state index contributed by atoms with van der Waals surface area (Å²) in [5, 5.41) is 2.43. The fraction of sp³-hybridized carbons (Fsp3) is 0.325. The van der Waals surface area contributed by atoms with Crippen LogP contribution in [0.4, 0.5) is 0 Å². The molecule has 1 fully saturated rings. The van der Waals surface area contributed by atoms with E-state index in [4.69, 9.17) is 18.1 Å². The summed E-state index contributed by atoms with van der Waals surface area (Å²) >= 11 is 0. The summed E-state index contributed by atoms with van der Waals surface area (Å²) in [6, 6.07) is 23.9. The van der Waals surface area contributed by atoms with Crippen LogP contribution in [0.15, 0.2) is 77.5 Å². The summed E-state index contributed by atoms with van der Waals surface area (Å²) in [5.41, 5.74) is 3.56. The van der Waals surface area contributed by atoms with E-state index in [0.29, 0.717) is 21.9 Å². The third kappa shape index (κ3) is 7.41. The number of furan rings is 1. The maximum atomic E-state index is 8.90. The summed E-state index contributed by atoms with van der Waals surface area (Å²) in [5.74, 6) is 0.127. The molecule has 1 aliphatic carbocycles. The molecule has 0 bridgehead atoms. The van der Waals surface area contributed by atoms with Crippen LogP contribution in [-0.4, -0.2) is 23.0 Å². The number of hydrogen-bond donors (Lipinski definition) is 0. The molecule has 0 atom stereocenters. The summed E-state index contributed by atoms with van der Waals surface area (Å²) < 4.78 is 85.5. The van der Waals surface area contributed by atoms with Crippen LogP contribution in [0, 0.1) is 31.8 Å². The average molecular weight is 812 g/mol. The number of aryl methyl sites for hydroxylation is 3. The third-order valence-electron chi connectivity index (χ3n) is 8.14. The molecule has 0 spiro atoms. The Balaban J connectivity index is 0.000000217. The Labute approximate surface area is 302 Å². The maximum absolute atomic E-state index is 8.90. The fourth-order valence-electron chi connectivity index (χ4n) is 5.77. The van der Waals surface area contributed by atoms with Gasteiger partial charge in [0.25, 0.3) is 0 Å². The van der Waals surface area contributed by atoms with E-state index < -0.39 is 34.5 Å². The van der Waals surface area contributed by atoms with E-state index in [-0.39, 0.29) is 54.3 Å². The van der Waals surface area contributed by atoms with Crippen LogP contribution in [0.5, 0.6) is 0 Å². The molecule has 0 saturated heterocycles. The number of hydrogen-bond acceptors (Lipinski definition) is 4. The van der Waals surface area contributed by atoms with Gasteiger partial charge in [-0.25, -0.2) is 4.98 Å². The Morgan fingerprint density at radius 3 is 2.43 bits per heavy atom. The van der Waals surface area contributed by atoms with E-state index in [9.17, 15) is 0 Å². The van der Waals surface area contributed by atoms with Gasteiger partial charge in [-0.3, -0.25) is 0 Å². The van der Waals surface area contributed by atoms with E-state index >= 15 is 0 Å². The van der Waals surface area contributed by atoms with Crippen molar-refractivity contribution in [3.8, 4) is 22.5 Å². The zero-order valence-corrected chi connectivity index (χ0v) is 29.8. The van der Waals surface area contributed by atoms with Crippen molar-refractivity contribution >= 4 is 35.3 Å². The molecule has 0 amide bonds. The monoisotopic (exact) mass is 812 g/mol. The first-order chi connectivity index (χ1) is 25.6. The Morgan fingerprint density at radius 1 is 0.913 bits per heavy atom. The van der Waals surface area contributed by atoms with Crippen molar-refractivity contribution in [2.24, 2.45) is 5.92 Å². The topological polar surface area (TPSA) is 51.8 Å². The SMILES string of the molecule is [2H]C([2H])([2H])c1ccc2c(n1)oc1c(-c3cc(C([2H])([2H])C)c(C([2H])([2H])[2H])cn3)[c-]ccc12.[2H]C([2H])(c1cc(-c2[c-]cccc2)ncc1[Si](C)(C)C)C1CCCC1.[Ir]. The molecule has 0 N–H and O–H groups in total. The van der Waals surface area contributed by atoms with Crippen LogP contribution in [-0.2, 0) is 32.9 Å². The third-order valence-corrected chi connectivity index (χ3v) is 10.2. The first-order valence-electron chi connectivity index (χ1n) is 20.3. The second kappa shape index (κ2) is 14.5. The molecule has 2 aromatic carbocycles. The number of fused-ring (bicyclic) bond motifs is 3. The molecule has 4 heterocycles. The molecule has 7 rings (SSSR count). The summed E-state index contributed by atoms with van der Waals surface area (Å²) in [7, 11) is -1.68. The molecule has 1 saturated carbocycles. The first-order valence-corrected chi connectivity index (χ1v) is 18.8. The molecule has 6 heteroatoms. The summed E-state index contributed by atoms with van der Waals surface area (Å²) in [6.45, 7) is 3.20. The Bertz CT molecular complexity index is 2330. The van der Waals surface area contributed by atoms with Gasteiger partial charge in [-0.15, -0.1) is 54.1 Å². The van der Waals surface area contributed by atoms with Crippen molar-refractivity contribution in [1.82, 2.24) is 15.0 Å². The zero-order valence-electron chi connectivity index (χ0n) is 36.4. The molecule has 1 aliphatic rings. The molecule has 1 radical (unpaired) electrons. The maximum Gasteiger partial charge on any atom is 0.216 e.